The number of rotatable bonds is 20. The molecule has 0 aromatic heterocycles. The van der Waals surface area contributed by atoms with E-state index in [0.29, 0.717) is 26.1 Å². The van der Waals surface area contributed by atoms with Crippen LogP contribution in [0.2, 0.25) is 0 Å². The standard InChI is InChI=1S/C23H42N2O8/c1-5-6-7-8-9-20(27)24-19(13-26)22(29)25-18(12-17(2)3)21(28)23(15-33-23)14-32-16-31-11-10-30-4/h17-19,26H,5-16H2,1-4H3,(H,24,27)(H,25,29)/t18-,19-,23+/m0/s1. The first kappa shape index (κ1) is 29.4. The maximum atomic E-state index is 13.2. The molecule has 1 saturated heterocycles. The van der Waals surface area contributed by atoms with Crippen LogP contribution >= 0.6 is 0 Å². The van der Waals surface area contributed by atoms with Crippen LogP contribution < -0.4 is 10.6 Å². The van der Waals surface area contributed by atoms with E-state index in [0.717, 1.165) is 25.7 Å². The quantitative estimate of drug-likeness (QED) is 0.135. The number of Topliss-reactive ketones (excluding diaryl/α,β-unsaturated/α-hetero) is 1. The van der Waals surface area contributed by atoms with Crippen molar-refractivity contribution in [2.75, 3.05) is 46.9 Å². The first-order valence-electron chi connectivity index (χ1n) is 11.8. The molecule has 0 bridgehead atoms. The third-order valence-corrected chi connectivity index (χ3v) is 5.31. The molecule has 0 spiro atoms. The van der Waals surface area contributed by atoms with Gasteiger partial charge in [-0.05, 0) is 18.8 Å². The van der Waals surface area contributed by atoms with Crippen LogP contribution in [-0.2, 0) is 33.3 Å². The molecule has 192 valence electrons. The monoisotopic (exact) mass is 474 g/mol. The minimum Gasteiger partial charge on any atom is -0.394 e. The first-order chi connectivity index (χ1) is 15.8. The summed E-state index contributed by atoms with van der Waals surface area (Å²) in [7, 11) is 1.57. The van der Waals surface area contributed by atoms with Gasteiger partial charge in [-0.15, -0.1) is 0 Å². The predicted octanol–water partition coefficient (Wildman–Crippen LogP) is 0.940. The molecule has 3 atom stereocenters. The Kier molecular flexibility index (Phi) is 14.4. The van der Waals surface area contributed by atoms with E-state index in [1.54, 1.807) is 7.11 Å². The molecule has 0 radical (unpaired) electrons. The maximum absolute atomic E-state index is 13.2. The molecule has 10 nitrogen and oxygen atoms in total. The SMILES string of the molecule is CCCCCCC(=O)N[C@@H](CO)C(=O)N[C@@H](CC(C)C)C(=O)[C@@]1(COCOCCOC)CO1. The molecule has 0 aliphatic carbocycles. The van der Waals surface area contributed by atoms with Crippen LogP contribution in [0.3, 0.4) is 0 Å². The van der Waals surface area contributed by atoms with Crippen LogP contribution in [-0.4, -0.2) is 87.3 Å². The Balaban J connectivity index is 2.62. The molecule has 0 aromatic carbocycles. The molecule has 1 aliphatic heterocycles. The number of hydrogen-bond acceptors (Lipinski definition) is 8. The topological polar surface area (TPSA) is 136 Å². The number of ketones is 1. The molecule has 0 unspecified atom stereocenters. The van der Waals surface area contributed by atoms with Crippen molar-refractivity contribution in [3.8, 4) is 0 Å². The lowest BCUT2D eigenvalue weighted by molar-refractivity contribution is -0.137. The number of methoxy groups -OCH3 is 1. The highest BCUT2D eigenvalue weighted by molar-refractivity contribution is 5.98. The van der Waals surface area contributed by atoms with Gasteiger partial charge in [0.15, 0.2) is 11.4 Å². The zero-order valence-electron chi connectivity index (χ0n) is 20.5. The Morgan fingerprint density at radius 2 is 1.79 bits per heavy atom. The van der Waals surface area contributed by atoms with Gasteiger partial charge in [-0.3, -0.25) is 14.4 Å². The van der Waals surface area contributed by atoms with Gasteiger partial charge in [0.1, 0.15) is 12.8 Å². The van der Waals surface area contributed by atoms with Gasteiger partial charge in [-0.25, -0.2) is 0 Å². The second-order valence-electron chi connectivity index (χ2n) is 8.82. The lowest BCUT2D eigenvalue weighted by atomic mass is 9.92. The lowest BCUT2D eigenvalue weighted by Crippen LogP contribution is -2.55. The van der Waals surface area contributed by atoms with Crippen molar-refractivity contribution < 1.29 is 38.4 Å². The van der Waals surface area contributed by atoms with Gasteiger partial charge in [0.25, 0.3) is 0 Å². The van der Waals surface area contributed by atoms with E-state index in [9.17, 15) is 19.5 Å². The molecule has 2 amide bonds. The Labute approximate surface area is 197 Å². The zero-order valence-corrected chi connectivity index (χ0v) is 20.5. The van der Waals surface area contributed by atoms with Gasteiger partial charge in [0, 0.05) is 13.5 Å². The van der Waals surface area contributed by atoms with Crippen LogP contribution in [0.5, 0.6) is 0 Å². The number of amides is 2. The van der Waals surface area contributed by atoms with Crippen LogP contribution in [0.4, 0.5) is 0 Å². The fourth-order valence-corrected chi connectivity index (χ4v) is 3.32. The van der Waals surface area contributed by atoms with Gasteiger partial charge < -0.3 is 34.7 Å². The number of ether oxygens (including phenoxy) is 4. The fourth-order valence-electron chi connectivity index (χ4n) is 3.32. The third kappa shape index (κ3) is 11.4. The molecule has 10 heteroatoms. The summed E-state index contributed by atoms with van der Waals surface area (Å²) in [5.41, 5.74) is -1.12. The molecule has 1 rings (SSSR count). The molecule has 0 aromatic rings. The second-order valence-corrected chi connectivity index (χ2v) is 8.82. The van der Waals surface area contributed by atoms with E-state index in [1.165, 1.54) is 0 Å². The maximum Gasteiger partial charge on any atom is 0.245 e. The average Bonchev–Trinajstić information content (AvgIpc) is 3.57. The van der Waals surface area contributed by atoms with Gasteiger partial charge in [-0.1, -0.05) is 40.0 Å². The largest absolute Gasteiger partial charge is 0.394 e. The summed E-state index contributed by atoms with van der Waals surface area (Å²) in [4.78, 5) is 38.1. The predicted molar refractivity (Wildman–Crippen MR) is 121 cm³/mol. The Bertz CT molecular complexity index is 595. The Hall–Kier alpha value is -1.59. The number of nitrogens with one attached hydrogen (secondary N) is 2. The number of aliphatic hydroxyl groups excluding tert-OH is 1. The van der Waals surface area contributed by atoms with E-state index < -0.39 is 30.2 Å². The number of hydrogen-bond donors (Lipinski definition) is 3. The average molecular weight is 475 g/mol. The van der Waals surface area contributed by atoms with Crippen molar-refractivity contribution in [3.63, 3.8) is 0 Å². The van der Waals surface area contributed by atoms with E-state index in [2.05, 4.69) is 17.6 Å². The molecule has 0 saturated carbocycles. The highest BCUT2D eigenvalue weighted by atomic mass is 16.7. The molecule has 33 heavy (non-hydrogen) atoms. The minimum atomic E-state index is -1.12. The molecular formula is C23H42N2O8. The van der Waals surface area contributed by atoms with E-state index in [1.807, 2.05) is 13.8 Å². The summed E-state index contributed by atoms with van der Waals surface area (Å²) in [6, 6.07) is -1.94. The number of aliphatic hydroxyl groups is 1. The van der Waals surface area contributed by atoms with Crippen LogP contribution in [0, 0.1) is 5.92 Å². The summed E-state index contributed by atoms with van der Waals surface area (Å²) >= 11 is 0. The van der Waals surface area contributed by atoms with Crippen molar-refractivity contribution >= 4 is 17.6 Å². The summed E-state index contributed by atoms with van der Waals surface area (Å²) in [5.74, 6) is -1.06. The number of unbranched alkanes of at least 4 members (excludes halogenated alkanes) is 3. The van der Waals surface area contributed by atoms with Crippen molar-refractivity contribution in [3.05, 3.63) is 0 Å². The number of epoxide rings is 1. The van der Waals surface area contributed by atoms with Gasteiger partial charge >= 0.3 is 0 Å². The highest BCUT2D eigenvalue weighted by Crippen LogP contribution is 2.31. The van der Waals surface area contributed by atoms with Gasteiger partial charge in [0.2, 0.25) is 11.8 Å². The van der Waals surface area contributed by atoms with Gasteiger partial charge in [-0.2, -0.15) is 0 Å². The minimum absolute atomic E-state index is 0.000168. The van der Waals surface area contributed by atoms with Crippen molar-refractivity contribution in [2.45, 2.75) is 77.0 Å². The Morgan fingerprint density at radius 1 is 1.06 bits per heavy atom. The van der Waals surface area contributed by atoms with Crippen molar-refractivity contribution in [2.24, 2.45) is 5.92 Å². The van der Waals surface area contributed by atoms with E-state index in [-0.39, 0.29) is 37.6 Å². The summed E-state index contributed by atoms with van der Waals surface area (Å²) in [5, 5.41) is 14.9. The van der Waals surface area contributed by atoms with E-state index >= 15 is 0 Å². The summed E-state index contributed by atoms with van der Waals surface area (Å²) in [6.07, 6.45) is 4.45. The third-order valence-electron chi connectivity index (χ3n) is 5.31. The molecule has 3 N–H and O–H groups in total. The normalized spacial score (nSPS) is 19.2. The van der Waals surface area contributed by atoms with E-state index in [4.69, 9.17) is 18.9 Å². The molecule has 1 aliphatic rings. The van der Waals surface area contributed by atoms with Crippen molar-refractivity contribution in [1.82, 2.24) is 10.6 Å². The zero-order chi connectivity index (χ0) is 24.7. The summed E-state index contributed by atoms with van der Waals surface area (Å²) < 4.78 is 21.0. The van der Waals surface area contributed by atoms with Crippen LogP contribution in [0.1, 0.15) is 59.3 Å². The smallest absolute Gasteiger partial charge is 0.245 e. The van der Waals surface area contributed by atoms with Crippen LogP contribution in [0.25, 0.3) is 0 Å². The van der Waals surface area contributed by atoms with Crippen LogP contribution in [0.15, 0.2) is 0 Å². The highest BCUT2D eigenvalue weighted by Gasteiger charge is 2.55. The fraction of sp³-hybridized carbons (Fsp3) is 0.870. The van der Waals surface area contributed by atoms with Crippen molar-refractivity contribution in [1.29, 1.82) is 0 Å². The molecule has 1 fully saturated rings. The second kappa shape index (κ2) is 16.1. The molecule has 1 heterocycles. The van der Waals surface area contributed by atoms with Gasteiger partial charge in [0.05, 0.1) is 39.1 Å². The first-order valence-corrected chi connectivity index (χ1v) is 11.8. The lowest BCUT2D eigenvalue weighted by Gasteiger charge is -2.25. The number of carbonyl (C=O) groups excluding carboxylic acids is 3. The molecular weight excluding hydrogens is 432 g/mol. The summed E-state index contributed by atoms with van der Waals surface area (Å²) in [6.45, 7) is 6.43. The number of carbonyl (C=O) groups is 3. The Morgan fingerprint density at radius 3 is 2.36 bits per heavy atom.